The van der Waals surface area contributed by atoms with Gasteiger partial charge < -0.3 is 15.2 Å². The highest BCUT2D eigenvalue weighted by Crippen LogP contribution is 2.34. The minimum Gasteiger partial charge on any atom is -0.476 e. The van der Waals surface area contributed by atoms with Crippen LogP contribution in [0.1, 0.15) is 10.5 Å². The Hall–Kier alpha value is -3.48. The molecule has 0 bridgehead atoms. The maximum atomic E-state index is 11.6. The van der Waals surface area contributed by atoms with Crippen molar-refractivity contribution in [2.24, 2.45) is 0 Å². The Morgan fingerprint density at radius 2 is 1.52 bits per heavy atom. The Labute approximate surface area is 130 Å². The van der Waals surface area contributed by atoms with Crippen molar-refractivity contribution in [3.8, 4) is 22.4 Å². The van der Waals surface area contributed by atoms with Crippen LogP contribution in [0.4, 0.5) is 0 Å². The van der Waals surface area contributed by atoms with Crippen LogP contribution in [0.2, 0.25) is 0 Å². The summed E-state index contributed by atoms with van der Waals surface area (Å²) in [6, 6.07) is 17.4. The molecule has 7 heteroatoms. The molecule has 0 unspecified atom stereocenters. The predicted molar refractivity (Wildman–Crippen MR) is 82.5 cm³/mol. The van der Waals surface area contributed by atoms with E-state index in [-0.39, 0.29) is 11.3 Å². The van der Waals surface area contributed by atoms with E-state index in [1.807, 2.05) is 0 Å². The second-order valence-corrected chi connectivity index (χ2v) is 4.74. The van der Waals surface area contributed by atoms with Gasteiger partial charge in [0.1, 0.15) is 0 Å². The fourth-order valence-electron chi connectivity index (χ4n) is 2.39. The van der Waals surface area contributed by atoms with Crippen molar-refractivity contribution in [2.75, 3.05) is 0 Å². The lowest BCUT2D eigenvalue weighted by Gasteiger charge is -2.02. The second-order valence-electron chi connectivity index (χ2n) is 4.74. The van der Waals surface area contributed by atoms with Crippen molar-refractivity contribution in [1.29, 1.82) is 0 Å². The van der Waals surface area contributed by atoms with Crippen molar-refractivity contribution in [1.82, 2.24) is 9.89 Å². The van der Waals surface area contributed by atoms with Crippen LogP contribution in [0.5, 0.6) is 0 Å². The Balaban J connectivity index is 2.38. The molecule has 0 radical (unpaired) electrons. The normalized spacial score (nSPS) is 10.4. The van der Waals surface area contributed by atoms with E-state index >= 15 is 0 Å². The van der Waals surface area contributed by atoms with Crippen molar-refractivity contribution in [2.45, 2.75) is 0 Å². The number of nitrogens with zero attached hydrogens (tertiary/aromatic N) is 3. The molecule has 0 atom stereocenters. The molecule has 23 heavy (non-hydrogen) atoms. The third-order valence-electron chi connectivity index (χ3n) is 3.34. The number of carboxylic acids is 1. The van der Waals surface area contributed by atoms with Crippen LogP contribution in [-0.2, 0) is 0 Å². The Morgan fingerprint density at radius 1 is 1.00 bits per heavy atom. The number of hydrogen-bond donors (Lipinski definition) is 1. The third kappa shape index (κ3) is 2.55. The number of benzene rings is 2. The van der Waals surface area contributed by atoms with Gasteiger partial charge in [-0.15, -0.1) is 0 Å². The topological polar surface area (TPSA) is 98.3 Å². The van der Waals surface area contributed by atoms with E-state index < -0.39 is 16.7 Å². The van der Waals surface area contributed by atoms with Gasteiger partial charge in [-0.05, 0) is 5.56 Å². The molecule has 0 spiro atoms. The molecule has 0 aliphatic rings. The van der Waals surface area contributed by atoms with Crippen molar-refractivity contribution < 1.29 is 14.9 Å². The third-order valence-corrected chi connectivity index (χ3v) is 3.34. The monoisotopic (exact) mass is 309 g/mol. The van der Waals surface area contributed by atoms with Gasteiger partial charge >= 0.3 is 5.97 Å². The zero-order valence-electron chi connectivity index (χ0n) is 11.8. The molecule has 2 aromatic carbocycles. The summed E-state index contributed by atoms with van der Waals surface area (Å²) in [5, 5.41) is 23.7. The fraction of sp³-hybridized carbons (Fsp3) is 0. The van der Waals surface area contributed by atoms with Gasteiger partial charge in [0.25, 0.3) is 0 Å². The van der Waals surface area contributed by atoms with E-state index in [9.17, 15) is 20.0 Å². The van der Waals surface area contributed by atoms with Crippen molar-refractivity contribution in [3.63, 3.8) is 0 Å². The van der Waals surface area contributed by atoms with Gasteiger partial charge in [0.15, 0.2) is 0 Å². The van der Waals surface area contributed by atoms with Crippen LogP contribution < -0.4 is 0 Å². The number of carboxylic acid groups (broad SMARTS) is 1. The van der Waals surface area contributed by atoms with Gasteiger partial charge in [-0.2, -0.15) is 0 Å². The number of aromatic carboxylic acids is 1. The first kappa shape index (κ1) is 14.5. The summed E-state index contributed by atoms with van der Waals surface area (Å²) in [7, 11) is 0. The molecule has 7 nitrogen and oxygen atoms in total. The lowest BCUT2D eigenvalue weighted by Crippen LogP contribution is -2.17. The van der Waals surface area contributed by atoms with E-state index in [2.05, 4.69) is 5.10 Å². The summed E-state index contributed by atoms with van der Waals surface area (Å²) >= 11 is 0. The zero-order valence-corrected chi connectivity index (χ0v) is 11.8. The average molecular weight is 309 g/mol. The van der Waals surface area contributed by atoms with Crippen molar-refractivity contribution in [3.05, 3.63) is 76.5 Å². The maximum absolute atomic E-state index is 11.6. The van der Waals surface area contributed by atoms with E-state index in [0.717, 1.165) is 0 Å². The van der Waals surface area contributed by atoms with Crippen molar-refractivity contribution >= 4 is 5.97 Å². The smallest absolute Gasteiger partial charge is 0.361 e. The molecule has 3 aromatic rings. The van der Waals surface area contributed by atoms with Gasteiger partial charge in [-0.25, -0.2) is 4.79 Å². The first-order valence-corrected chi connectivity index (χ1v) is 6.71. The van der Waals surface area contributed by atoms with Gasteiger partial charge in [-0.3, -0.25) is 0 Å². The maximum Gasteiger partial charge on any atom is 0.361 e. The zero-order chi connectivity index (χ0) is 16.4. The summed E-state index contributed by atoms with van der Waals surface area (Å²) < 4.78 is 0. The Morgan fingerprint density at radius 3 is 2.00 bits per heavy atom. The molecule has 0 amide bonds. The number of rotatable bonds is 4. The molecular formula is C16H11N3O4. The summed E-state index contributed by atoms with van der Waals surface area (Å²) in [6.45, 7) is 0. The molecule has 0 saturated carbocycles. The van der Waals surface area contributed by atoms with Gasteiger partial charge in [0.05, 0.1) is 15.7 Å². The van der Waals surface area contributed by atoms with E-state index in [1.54, 1.807) is 60.7 Å². The van der Waals surface area contributed by atoms with E-state index in [1.165, 1.54) is 0 Å². The summed E-state index contributed by atoms with van der Waals surface area (Å²) in [5.74, 6) is -1.41. The highest BCUT2D eigenvalue weighted by molar-refractivity contribution is 5.99. The van der Waals surface area contributed by atoms with Crippen LogP contribution >= 0.6 is 0 Å². The molecule has 1 heterocycles. The molecule has 0 saturated heterocycles. The predicted octanol–water partition coefficient (Wildman–Crippen LogP) is 2.96. The highest BCUT2D eigenvalue weighted by atomic mass is 16.7. The molecule has 1 N–H and O–H groups in total. The number of hydrogen-bond acceptors (Lipinski definition) is 4. The number of nitro groups is 1. The molecule has 0 aliphatic carbocycles. The highest BCUT2D eigenvalue weighted by Gasteiger charge is 2.32. The van der Waals surface area contributed by atoms with Crippen LogP contribution in [0.15, 0.2) is 60.7 Å². The molecule has 114 valence electrons. The minimum absolute atomic E-state index is 0.223. The quantitative estimate of drug-likeness (QED) is 0.590. The van der Waals surface area contributed by atoms with Crippen LogP contribution in [-0.4, -0.2) is 26.0 Å². The molecule has 3 rings (SSSR count). The lowest BCUT2D eigenvalue weighted by atomic mass is 9.99. The van der Waals surface area contributed by atoms with Crippen LogP contribution in [0, 0.1) is 10.1 Å². The van der Waals surface area contributed by atoms with E-state index in [4.69, 9.17) is 0 Å². The van der Waals surface area contributed by atoms with Crippen LogP contribution in [0.25, 0.3) is 22.4 Å². The van der Waals surface area contributed by atoms with Gasteiger partial charge in [0.2, 0.25) is 11.4 Å². The number of aromatic nitrogens is 2. The molecular weight excluding hydrogens is 298 g/mol. The summed E-state index contributed by atoms with van der Waals surface area (Å²) in [5.41, 5.74) is 1.17. The van der Waals surface area contributed by atoms with Crippen LogP contribution in [0.3, 0.4) is 0 Å². The summed E-state index contributed by atoms with van der Waals surface area (Å²) in [6.07, 6.45) is 0. The second kappa shape index (κ2) is 5.72. The Kier molecular flexibility index (Phi) is 3.60. The first-order valence-electron chi connectivity index (χ1n) is 6.71. The number of carbonyl (C=O) groups is 1. The van der Waals surface area contributed by atoms with Gasteiger partial charge in [-0.1, -0.05) is 60.7 Å². The fourth-order valence-corrected chi connectivity index (χ4v) is 2.39. The Bertz CT molecular complexity index is 873. The molecule has 0 aliphatic heterocycles. The molecule has 0 fully saturated rings. The SMILES string of the molecule is O=C(O)c1c(-c2ccccc2)c(-c2ccccc2)nn1[N+](=O)[O-]. The average Bonchev–Trinajstić information content (AvgIpc) is 2.97. The standard InChI is InChI=1S/C16H11N3O4/c20-16(21)15-13(11-7-3-1-4-8-11)14(17-18(15)19(22)23)12-9-5-2-6-10-12/h1-10H,(H,20,21). The largest absolute Gasteiger partial charge is 0.476 e. The molecule has 1 aromatic heterocycles. The van der Waals surface area contributed by atoms with E-state index in [0.29, 0.717) is 15.9 Å². The first-order chi connectivity index (χ1) is 11.1. The lowest BCUT2D eigenvalue weighted by molar-refractivity contribution is -0.553. The summed E-state index contributed by atoms with van der Waals surface area (Å²) in [4.78, 5) is 23.1. The van der Waals surface area contributed by atoms with Gasteiger partial charge in [0, 0.05) is 10.4 Å². The minimum atomic E-state index is -1.41.